The number of rotatable bonds is 6. The number of nitrogens with zero attached hydrogens (tertiary/aromatic N) is 1. The Bertz CT molecular complexity index is 306. The van der Waals surface area contributed by atoms with Gasteiger partial charge in [0.1, 0.15) is 0 Å². The third-order valence-corrected chi connectivity index (χ3v) is 5.25. The van der Waals surface area contributed by atoms with Crippen molar-refractivity contribution in [1.29, 1.82) is 0 Å². The Balaban J connectivity index is 2.64. The number of nitrogens with two attached hydrogens (primary N) is 1. The van der Waals surface area contributed by atoms with E-state index in [-0.39, 0.29) is 18.4 Å². The summed E-state index contributed by atoms with van der Waals surface area (Å²) < 4.78 is 25.8. The van der Waals surface area contributed by atoms with Gasteiger partial charge in [0.2, 0.25) is 10.0 Å². The molecule has 1 aliphatic rings. The zero-order chi connectivity index (χ0) is 12.7. The first kappa shape index (κ1) is 14.9. The molecular formula is C11H24N2O3S. The molecule has 1 atom stereocenters. The van der Waals surface area contributed by atoms with Gasteiger partial charge >= 0.3 is 0 Å². The quantitative estimate of drug-likeness (QED) is 0.676. The van der Waals surface area contributed by atoms with Crippen molar-refractivity contribution in [3.63, 3.8) is 0 Å². The van der Waals surface area contributed by atoms with Gasteiger partial charge in [-0.3, -0.25) is 0 Å². The Morgan fingerprint density at radius 2 is 2.00 bits per heavy atom. The molecule has 102 valence electrons. The molecule has 3 N–H and O–H groups in total. The van der Waals surface area contributed by atoms with Gasteiger partial charge in [-0.1, -0.05) is 12.8 Å². The van der Waals surface area contributed by atoms with Crippen molar-refractivity contribution in [2.75, 3.05) is 25.4 Å². The molecule has 0 radical (unpaired) electrons. The zero-order valence-corrected chi connectivity index (χ0v) is 11.2. The largest absolute Gasteiger partial charge is 0.395 e. The van der Waals surface area contributed by atoms with Crippen LogP contribution in [0.4, 0.5) is 0 Å². The Morgan fingerprint density at radius 1 is 1.24 bits per heavy atom. The molecule has 0 spiro atoms. The van der Waals surface area contributed by atoms with E-state index in [9.17, 15) is 13.5 Å². The highest BCUT2D eigenvalue weighted by Gasteiger charge is 2.29. The van der Waals surface area contributed by atoms with Crippen molar-refractivity contribution in [1.82, 2.24) is 4.31 Å². The van der Waals surface area contributed by atoms with Crippen molar-refractivity contribution in [3.05, 3.63) is 0 Å². The number of sulfonamides is 1. The van der Waals surface area contributed by atoms with E-state index in [1.807, 2.05) is 0 Å². The maximum atomic E-state index is 12.2. The highest BCUT2D eigenvalue weighted by atomic mass is 32.2. The maximum Gasteiger partial charge on any atom is 0.214 e. The fraction of sp³-hybridized carbons (Fsp3) is 1.00. The predicted octanol–water partition coefficient (Wildman–Crippen LogP) is 0.292. The summed E-state index contributed by atoms with van der Waals surface area (Å²) in [6, 6.07) is -0.222. The molecule has 1 unspecified atom stereocenters. The predicted molar refractivity (Wildman–Crippen MR) is 68.1 cm³/mol. The lowest BCUT2D eigenvalue weighted by Gasteiger charge is -2.27. The lowest BCUT2D eigenvalue weighted by molar-refractivity contribution is 0.186. The minimum atomic E-state index is -3.22. The molecule has 1 fully saturated rings. The molecule has 1 aliphatic heterocycles. The Morgan fingerprint density at radius 3 is 2.65 bits per heavy atom. The van der Waals surface area contributed by atoms with Crippen LogP contribution in [0, 0.1) is 0 Å². The molecular weight excluding hydrogens is 240 g/mol. The summed E-state index contributed by atoms with van der Waals surface area (Å²) in [5, 5.41) is 9.30. The summed E-state index contributed by atoms with van der Waals surface area (Å²) >= 11 is 0. The van der Waals surface area contributed by atoms with Crippen molar-refractivity contribution in [2.45, 2.75) is 44.6 Å². The Labute approximate surface area is 104 Å². The summed E-state index contributed by atoms with van der Waals surface area (Å²) in [4.78, 5) is 0. The highest BCUT2D eigenvalue weighted by molar-refractivity contribution is 7.89. The van der Waals surface area contributed by atoms with Crippen LogP contribution >= 0.6 is 0 Å². The first-order valence-corrected chi connectivity index (χ1v) is 8.03. The molecule has 5 nitrogen and oxygen atoms in total. The second kappa shape index (κ2) is 7.31. The maximum absolute atomic E-state index is 12.2. The van der Waals surface area contributed by atoms with E-state index in [0.717, 1.165) is 32.1 Å². The molecule has 0 aromatic rings. The number of aliphatic hydroxyl groups excluding tert-OH is 1. The minimum Gasteiger partial charge on any atom is -0.395 e. The lowest BCUT2D eigenvalue weighted by Crippen LogP contribution is -2.43. The monoisotopic (exact) mass is 264 g/mol. The van der Waals surface area contributed by atoms with Crippen molar-refractivity contribution in [2.24, 2.45) is 5.73 Å². The average molecular weight is 264 g/mol. The molecule has 1 saturated heterocycles. The van der Waals surface area contributed by atoms with Gasteiger partial charge in [0, 0.05) is 12.6 Å². The van der Waals surface area contributed by atoms with Gasteiger partial charge in [-0.05, 0) is 32.2 Å². The van der Waals surface area contributed by atoms with Crippen LogP contribution in [0.3, 0.4) is 0 Å². The lowest BCUT2D eigenvalue weighted by atomic mass is 10.1. The minimum absolute atomic E-state index is 0.0733. The molecule has 1 rings (SSSR count). The normalized spacial score (nSPS) is 23.5. The second-order valence-corrected chi connectivity index (χ2v) is 6.65. The number of hydrogen-bond acceptors (Lipinski definition) is 4. The number of hydrogen-bond donors (Lipinski definition) is 2. The van der Waals surface area contributed by atoms with Crippen LogP contribution < -0.4 is 5.73 Å². The molecule has 0 aliphatic carbocycles. The van der Waals surface area contributed by atoms with Gasteiger partial charge in [-0.15, -0.1) is 0 Å². The topological polar surface area (TPSA) is 83.6 Å². The van der Waals surface area contributed by atoms with E-state index in [2.05, 4.69) is 0 Å². The van der Waals surface area contributed by atoms with E-state index in [0.29, 0.717) is 19.5 Å². The van der Waals surface area contributed by atoms with Crippen molar-refractivity contribution in [3.8, 4) is 0 Å². The summed E-state index contributed by atoms with van der Waals surface area (Å²) in [6.07, 6.45) is 5.05. The summed E-state index contributed by atoms with van der Waals surface area (Å²) in [5.41, 5.74) is 5.37. The molecule has 0 aromatic carbocycles. The van der Waals surface area contributed by atoms with E-state index >= 15 is 0 Å². The van der Waals surface area contributed by atoms with Crippen LogP contribution in [0.25, 0.3) is 0 Å². The van der Waals surface area contributed by atoms with Gasteiger partial charge in [0.05, 0.1) is 12.4 Å². The van der Waals surface area contributed by atoms with Crippen LogP contribution in [0.1, 0.15) is 38.5 Å². The van der Waals surface area contributed by atoms with Gasteiger partial charge < -0.3 is 10.8 Å². The second-order valence-electron chi connectivity index (χ2n) is 4.61. The van der Waals surface area contributed by atoms with Crippen LogP contribution in [-0.4, -0.2) is 49.3 Å². The van der Waals surface area contributed by atoms with E-state index in [1.165, 1.54) is 4.31 Å². The molecule has 0 saturated carbocycles. The summed E-state index contributed by atoms with van der Waals surface area (Å²) in [5.74, 6) is 0.153. The van der Waals surface area contributed by atoms with Crippen LogP contribution in [0.2, 0.25) is 0 Å². The van der Waals surface area contributed by atoms with Gasteiger partial charge in [0.15, 0.2) is 0 Å². The third-order valence-electron chi connectivity index (χ3n) is 3.25. The smallest absolute Gasteiger partial charge is 0.214 e. The molecule has 1 heterocycles. The van der Waals surface area contributed by atoms with Crippen molar-refractivity contribution < 1.29 is 13.5 Å². The van der Waals surface area contributed by atoms with E-state index in [4.69, 9.17) is 5.73 Å². The Kier molecular flexibility index (Phi) is 6.40. The summed E-state index contributed by atoms with van der Waals surface area (Å²) in [6.45, 7) is 1.01. The van der Waals surface area contributed by atoms with Crippen LogP contribution in [0.5, 0.6) is 0 Å². The van der Waals surface area contributed by atoms with Crippen molar-refractivity contribution >= 4 is 10.0 Å². The molecule has 0 bridgehead atoms. The SMILES string of the molecule is NCCCCS(=O)(=O)N1CCCCCC1CO. The fourth-order valence-electron chi connectivity index (χ4n) is 2.25. The average Bonchev–Trinajstić information content (AvgIpc) is 2.54. The van der Waals surface area contributed by atoms with E-state index < -0.39 is 10.0 Å². The standard InChI is InChI=1S/C11H24N2O3S/c12-7-3-5-9-17(15,16)13-8-4-1-2-6-11(13)10-14/h11,14H,1-10,12H2. The van der Waals surface area contributed by atoms with Crippen LogP contribution in [-0.2, 0) is 10.0 Å². The molecule has 6 heteroatoms. The third kappa shape index (κ3) is 4.54. The van der Waals surface area contributed by atoms with E-state index in [1.54, 1.807) is 0 Å². The summed E-state index contributed by atoms with van der Waals surface area (Å²) in [7, 11) is -3.22. The number of aliphatic hydroxyl groups is 1. The van der Waals surface area contributed by atoms with Gasteiger partial charge in [-0.2, -0.15) is 4.31 Å². The molecule has 17 heavy (non-hydrogen) atoms. The molecule has 0 amide bonds. The first-order valence-electron chi connectivity index (χ1n) is 6.42. The van der Waals surface area contributed by atoms with Gasteiger partial charge in [-0.25, -0.2) is 8.42 Å². The fourth-order valence-corrected chi connectivity index (χ4v) is 4.08. The highest BCUT2D eigenvalue weighted by Crippen LogP contribution is 2.20. The zero-order valence-electron chi connectivity index (χ0n) is 10.3. The first-order chi connectivity index (χ1) is 8.11. The van der Waals surface area contributed by atoms with Crippen LogP contribution in [0.15, 0.2) is 0 Å². The van der Waals surface area contributed by atoms with Gasteiger partial charge in [0.25, 0.3) is 0 Å². The Hall–Kier alpha value is -0.170. The molecule has 0 aromatic heterocycles. The number of unbranched alkanes of at least 4 members (excludes halogenated alkanes) is 1.